The molecule has 0 saturated heterocycles. The van der Waals surface area contributed by atoms with Gasteiger partial charge in [0.2, 0.25) is 0 Å². The summed E-state index contributed by atoms with van der Waals surface area (Å²) in [4.78, 5) is 11.2. The Morgan fingerprint density at radius 2 is 1.95 bits per heavy atom. The van der Waals surface area contributed by atoms with Crippen LogP contribution in [0.5, 0.6) is 11.5 Å². The Kier molecular flexibility index (Phi) is 4.15. The predicted molar refractivity (Wildman–Crippen MR) is 77.0 cm³/mol. The van der Waals surface area contributed by atoms with Gasteiger partial charge in [0.15, 0.2) is 0 Å². The third-order valence-corrected chi connectivity index (χ3v) is 3.27. The summed E-state index contributed by atoms with van der Waals surface area (Å²) in [6.07, 6.45) is 0. The van der Waals surface area contributed by atoms with Crippen LogP contribution in [-0.4, -0.2) is 11.1 Å². The lowest BCUT2D eigenvalue weighted by Gasteiger charge is -2.12. The standard InChI is InChI=1S/C13H8BrClFNO3/c14-6-1-3-9(7(15)5-6)20-10-4-2-8(16)12(17)11(10)13(18)19/h1-5H,17H2,(H,18,19). The first-order valence-corrected chi connectivity index (χ1v) is 6.51. The molecule has 20 heavy (non-hydrogen) atoms. The van der Waals surface area contributed by atoms with Crippen LogP contribution in [0.15, 0.2) is 34.8 Å². The molecule has 0 aliphatic heterocycles. The number of carboxylic acids is 1. The van der Waals surface area contributed by atoms with E-state index in [1.54, 1.807) is 18.2 Å². The minimum Gasteiger partial charge on any atom is -0.477 e. The van der Waals surface area contributed by atoms with Gasteiger partial charge in [-0.2, -0.15) is 0 Å². The monoisotopic (exact) mass is 359 g/mol. The third kappa shape index (κ3) is 2.86. The topological polar surface area (TPSA) is 72.5 Å². The summed E-state index contributed by atoms with van der Waals surface area (Å²) in [7, 11) is 0. The molecular weight excluding hydrogens is 353 g/mol. The normalized spacial score (nSPS) is 10.3. The molecule has 0 fully saturated rings. The molecule has 104 valence electrons. The van der Waals surface area contributed by atoms with Crippen molar-refractivity contribution in [2.75, 3.05) is 5.73 Å². The van der Waals surface area contributed by atoms with Gasteiger partial charge in [-0.25, -0.2) is 9.18 Å². The van der Waals surface area contributed by atoms with Gasteiger partial charge < -0.3 is 15.6 Å². The van der Waals surface area contributed by atoms with E-state index in [0.29, 0.717) is 0 Å². The second-order valence-corrected chi connectivity index (χ2v) is 5.14. The zero-order valence-corrected chi connectivity index (χ0v) is 12.2. The average molecular weight is 361 g/mol. The number of carbonyl (C=O) groups is 1. The SMILES string of the molecule is Nc1c(F)ccc(Oc2ccc(Br)cc2Cl)c1C(=O)O. The summed E-state index contributed by atoms with van der Waals surface area (Å²) in [5.41, 5.74) is 4.50. The molecule has 2 rings (SSSR count). The van der Waals surface area contributed by atoms with E-state index in [9.17, 15) is 9.18 Å². The van der Waals surface area contributed by atoms with Gasteiger partial charge in [0.1, 0.15) is 22.9 Å². The number of halogens is 3. The minimum absolute atomic E-state index is 0.0828. The molecule has 4 nitrogen and oxygen atoms in total. The summed E-state index contributed by atoms with van der Waals surface area (Å²) in [5, 5.41) is 9.37. The largest absolute Gasteiger partial charge is 0.477 e. The van der Waals surface area contributed by atoms with Crippen molar-refractivity contribution in [1.82, 2.24) is 0 Å². The minimum atomic E-state index is -1.38. The Morgan fingerprint density at radius 1 is 1.30 bits per heavy atom. The molecule has 0 bridgehead atoms. The zero-order chi connectivity index (χ0) is 14.9. The lowest BCUT2D eigenvalue weighted by Crippen LogP contribution is -2.07. The lowest BCUT2D eigenvalue weighted by atomic mass is 10.1. The van der Waals surface area contributed by atoms with Crippen LogP contribution in [0.3, 0.4) is 0 Å². The highest BCUT2D eigenvalue weighted by molar-refractivity contribution is 9.10. The summed E-state index contributed by atoms with van der Waals surface area (Å²) >= 11 is 9.21. The van der Waals surface area contributed by atoms with Crippen molar-refractivity contribution in [2.24, 2.45) is 0 Å². The number of nitrogens with two attached hydrogens (primary N) is 1. The Bertz CT molecular complexity index is 694. The Morgan fingerprint density at radius 3 is 2.55 bits per heavy atom. The number of ether oxygens (including phenoxy) is 1. The van der Waals surface area contributed by atoms with Gasteiger partial charge >= 0.3 is 5.97 Å². The van der Waals surface area contributed by atoms with Crippen molar-refractivity contribution in [3.63, 3.8) is 0 Å². The summed E-state index contributed by atoms with van der Waals surface area (Å²) < 4.78 is 19.5. The van der Waals surface area contributed by atoms with Gasteiger partial charge in [0.05, 0.1) is 10.7 Å². The number of nitrogen functional groups attached to an aromatic ring is 1. The maximum Gasteiger partial charge on any atom is 0.341 e. The highest BCUT2D eigenvalue weighted by Gasteiger charge is 2.19. The fourth-order valence-electron chi connectivity index (χ4n) is 1.56. The fraction of sp³-hybridized carbons (Fsp3) is 0. The highest BCUT2D eigenvalue weighted by Crippen LogP contribution is 2.35. The Hall–Kier alpha value is -1.79. The van der Waals surface area contributed by atoms with Crippen LogP contribution < -0.4 is 10.5 Å². The fourth-order valence-corrected chi connectivity index (χ4v) is 2.27. The lowest BCUT2D eigenvalue weighted by molar-refractivity contribution is 0.0695. The Balaban J connectivity index is 2.48. The number of hydrogen-bond acceptors (Lipinski definition) is 3. The average Bonchev–Trinajstić information content (AvgIpc) is 2.36. The van der Waals surface area contributed by atoms with E-state index in [-0.39, 0.29) is 16.5 Å². The third-order valence-electron chi connectivity index (χ3n) is 2.48. The van der Waals surface area contributed by atoms with Crippen LogP contribution in [0.2, 0.25) is 5.02 Å². The predicted octanol–water partition coefficient (Wildman–Crippen LogP) is 4.31. The second-order valence-electron chi connectivity index (χ2n) is 3.82. The highest BCUT2D eigenvalue weighted by atomic mass is 79.9. The molecule has 0 aromatic heterocycles. The van der Waals surface area contributed by atoms with Crippen LogP contribution >= 0.6 is 27.5 Å². The number of aromatic carboxylic acids is 1. The van der Waals surface area contributed by atoms with Crippen molar-refractivity contribution in [2.45, 2.75) is 0 Å². The van der Waals surface area contributed by atoms with Gasteiger partial charge in [-0.1, -0.05) is 27.5 Å². The number of anilines is 1. The molecule has 0 amide bonds. The van der Waals surface area contributed by atoms with E-state index in [1.165, 1.54) is 6.07 Å². The van der Waals surface area contributed by atoms with Crippen LogP contribution in [0.4, 0.5) is 10.1 Å². The first-order valence-electron chi connectivity index (χ1n) is 5.34. The molecule has 0 saturated carbocycles. The number of benzene rings is 2. The molecule has 2 aromatic carbocycles. The van der Waals surface area contributed by atoms with Crippen LogP contribution in [0.25, 0.3) is 0 Å². The van der Waals surface area contributed by atoms with Gasteiger partial charge in [-0.3, -0.25) is 0 Å². The summed E-state index contributed by atoms with van der Waals surface area (Å²) in [6, 6.07) is 7.04. The molecule has 0 atom stereocenters. The molecule has 3 N–H and O–H groups in total. The van der Waals surface area contributed by atoms with Gasteiger partial charge in [0, 0.05) is 4.47 Å². The molecule has 0 aliphatic rings. The van der Waals surface area contributed by atoms with E-state index < -0.39 is 23.0 Å². The van der Waals surface area contributed by atoms with Gasteiger partial charge in [-0.05, 0) is 30.3 Å². The van der Waals surface area contributed by atoms with Crippen molar-refractivity contribution in [3.05, 3.63) is 51.2 Å². The molecular formula is C13H8BrClFNO3. The molecule has 7 heteroatoms. The molecule has 0 unspecified atom stereocenters. The number of rotatable bonds is 3. The van der Waals surface area contributed by atoms with E-state index in [2.05, 4.69) is 15.9 Å². The van der Waals surface area contributed by atoms with Gasteiger partial charge in [-0.15, -0.1) is 0 Å². The molecule has 2 aromatic rings. The van der Waals surface area contributed by atoms with Crippen molar-refractivity contribution in [1.29, 1.82) is 0 Å². The molecule has 0 spiro atoms. The Labute approximate surface area is 127 Å². The number of carboxylic acid groups (broad SMARTS) is 1. The maximum atomic E-state index is 13.3. The smallest absolute Gasteiger partial charge is 0.341 e. The summed E-state index contributed by atoms with van der Waals surface area (Å²) in [6.45, 7) is 0. The quantitative estimate of drug-likeness (QED) is 0.800. The first-order chi connectivity index (χ1) is 9.40. The van der Waals surface area contributed by atoms with Crippen LogP contribution in [-0.2, 0) is 0 Å². The number of hydrogen-bond donors (Lipinski definition) is 2. The van der Waals surface area contributed by atoms with Crippen molar-refractivity contribution in [3.8, 4) is 11.5 Å². The zero-order valence-electron chi connectivity index (χ0n) is 9.86. The van der Waals surface area contributed by atoms with Crippen molar-refractivity contribution < 1.29 is 19.0 Å². The maximum absolute atomic E-state index is 13.3. The molecule has 0 radical (unpaired) electrons. The van der Waals surface area contributed by atoms with Gasteiger partial charge in [0.25, 0.3) is 0 Å². The van der Waals surface area contributed by atoms with Crippen LogP contribution in [0.1, 0.15) is 10.4 Å². The first kappa shape index (κ1) is 14.6. The summed E-state index contributed by atoms with van der Waals surface area (Å²) in [5.74, 6) is -2.05. The molecule has 0 heterocycles. The van der Waals surface area contributed by atoms with E-state index in [0.717, 1.165) is 10.5 Å². The van der Waals surface area contributed by atoms with E-state index in [1.807, 2.05) is 0 Å². The second kappa shape index (κ2) is 5.68. The van der Waals surface area contributed by atoms with Crippen LogP contribution in [0, 0.1) is 5.82 Å². The van der Waals surface area contributed by atoms with Crippen molar-refractivity contribution >= 4 is 39.2 Å². The molecule has 0 aliphatic carbocycles. The van der Waals surface area contributed by atoms with E-state index >= 15 is 0 Å². The van der Waals surface area contributed by atoms with E-state index in [4.69, 9.17) is 27.2 Å².